The third kappa shape index (κ3) is 3.59. The van der Waals surface area contributed by atoms with Gasteiger partial charge in [0.05, 0.1) is 10.6 Å². The molecule has 0 atom stereocenters. The van der Waals surface area contributed by atoms with Gasteiger partial charge in [-0.3, -0.25) is 4.72 Å². The minimum atomic E-state index is -3.69. The molecule has 3 nitrogen and oxygen atoms in total. The average Bonchev–Trinajstić information content (AvgIpc) is 2.42. The summed E-state index contributed by atoms with van der Waals surface area (Å²) in [5.74, 6) is -0.443. The Hall–Kier alpha value is -0.920. The molecule has 0 unspecified atom stereocenters. The summed E-state index contributed by atoms with van der Waals surface area (Å²) in [6, 6.07) is 10.3. The van der Waals surface area contributed by atoms with Gasteiger partial charge in [0.25, 0.3) is 10.0 Å². The minimum Gasteiger partial charge on any atom is -0.278 e. The number of rotatable bonds is 4. The van der Waals surface area contributed by atoms with Crippen LogP contribution < -0.4 is 4.72 Å². The van der Waals surface area contributed by atoms with Gasteiger partial charge in [0.15, 0.2) is 0 Å². The van der Waals surface area contributed by atoms with Gasteiger partial charge >= 0.3 is 0 Å². The SMILES string of the molecule is O=S(=O)(Nc1ccc(F)cc1Br)c1ccc(CBr)cc1. The van der Waals surface area contributed by atoms with Crippen LogP contribution in [-0.4, -0.2) is 8.42 Å². The number of anilines is 1. The maximum absolute atomic E-state index is 13.0. The Balaban J connectivity index is 2.30. The predicted octanol–water partition coefficient (Wildman–Crippen LogP) is 4.28. The van der Waals surface area contributed by atoms with Crippen molar-refractivity contribution in [1.82, 2.24) is 0 Å². The second-order valence-corrected chi connectivity index (χ2v) is 7.10. The van der Waals surface area contributed by atoms with Crippen molar-refractivity contribution in [3.8, 4) is 0 Å². The van der Waals surface area contributed by atoms with Crippen LogP contribution in [0.1, 0.15) is 5.56 Å². The number of hydrogen-bond donors (Lipinski definition) is 1. The highest BCUT2D eigenvalue weighted by Crippen LogP contribution is 2.26. The monoisotopic (exact) mass is 421 g/mol. The highest BCUT2D eigenvalue weighted by atomic mass is 79.9. The lowest BCUT2D eigenvalue weighted by atomic mass is 10.2. The largest absolute Gasteiger partial charge is 0.278 e. The van der Waals surface area contributed by atoms with Crippen molar-refractivity contribution in [3.05, 3.63) is 58.3 Å². The first-order valence-corrected chi connectivity index (χ1v) is 8.95. The van der Waals surface area contributed by atoms with E-state index in [1.54, 1.807) is 12.1 Å². The molecule has 0 aromatic heterocycles. The molecule has 0 spiro atoms. The van der Waals surface area contributed by atoms with Crippen LogP contribution in [-0.2, 0) is 15.4 Å². The van der Waals surface area contributed by atoms with Gasteiger partial charge in [-0.05, 0) is 51.8 Å². The van der Waals surface area contributed by atoms with E-state index in [0.717, 1.165) is 5.56 Å². The van der Waals surface area contributed by atoms with Crippen molar-refractivity contribution >= 4 is 47.6 Å². The third-order valence-corrected chi connectivity index (χ3v) is 5.25. The fraction of sp³-hybridized carbons (Fsp3) is 0.0769. The molecule has 0 aliphatic rings. The second kappa shape index (κ2) is 6.24. The molecule has 0 saturated carbocycles. The predicted molar refractivity (Wildman–Crippen MR) is 84.0 cm³/mol. The Bertz CT molecular complexity index is 718. The van der Waals surface area contributed by atoms with E-state index in [-0.39, 0.29) is 10.6 Å². The quantitative estimate of drug-likeness (QED) is 0.747. The Morgan fingerprint density at radius 3 is 2.30 bits per heavy atom. The van der Waals surface area contributed by atoms with E-state index in [1.807, 2.05) is 0 Å². The van der Waals surface area contributed by atoms with E-state index in [0.29, 0.717) is 9.80 Å². The third-order valence-electron chi connectivity index (χ3n) is 2.56. The average molecular weight is 423 g/mol. The van der Waals surface area contributed by atoms with Crippen LogP contribution in [0.2, 0.25) is 0 Å². The van der Waals surface area contributed by atoms with Crippen LogP contribution in [0.15, 0.2) is 51.8 Å². The normalized spacial score (nSPS) is 11.3. The molecule has 0 fully saturated rings. The summed E-state index contributed by atoms with van der Waals surface area (Å²) in [6.45, 7) is 0. The Labute approximate surface area is 133 Å². The van der Waals surface area contributed by atoms with E-state index in [4.69, 9.17) is 0 Å². The summed E-state index contributed by atoms with van der Waals surface area (Å²) in [5, 5.41) is 0.657. The number of nitrogens with one attached hydrogen (secondary N) is 1. The summed E-state index contributed by atoms with van der Waals surface area (Å²) >= 11 is 6.42. The number of benzene rings is 2. The lowest BCUT2D eigenvalue weighted by molar-refractivity contribution is 0.601. The lowest BCUT2D eigenvalue weighted by Crippen LogP contribution is -2.13. The summed E-state index contributed by atoms with van der Waals surface area (Å²) in [4.78, 5) is 0.151. The molecular formula is C13H10Br2FNO2S. The van der Waals surface area contributed by atoms with Crippen LogP contribution in [0.3, 0.4) is 0 Å². The van der Waals surface area contributed by atoms with Crippen molar-refractivity contribution in [2.45, 2.75) is 10.2 Å². The highest BCUT2D eigenvalue weighted by Gasteiger charge is 2.15. The van der Waals surface area contributed by atoms with Gasteiger partial charge in [-0.25, -0.2) is 12.8 Å². The van der Waals surface area contributed by atoms with E-state index in [2.05, 4.69) is 36.6 Å². The van der Waals surface area contributed by atoms with E-state index in [1.165, 1.54) is 30.3 Å². The van der Waals surface area contributed by atoms with Gasteiger partial charge in [-0.15, -0.1) is 0 Å². The summed E-state index contributed by atoms with van der Waals surface area (Å²) in [5.41, 5.74) is 1.27. The molecule has 7 heteroatoms. The Morgan fingerprint density at radius 1 is 1.10 bits per heavy atom. The Kier molecular flexibility index (Phi) is 4.82. The maximum Gasteiger partial charge on any atom is 0.261 e. The van der Waals surface area contributed by atoms with Gasteiger partial charge in [0, 0.05) is 9.80 Å². The molecule has 20 heavy (non-hydrogen) atoms. The first-order chi connectivity index (χ1) is 9.42. The zero-order valence-corrected chi connectivity index (χ0v) is 14.1. The molecule has 0 aliphatic carbocycles. The molecule has 0 heterocycles. The number of sulfonamides is 1. The molecular weight excluding hydrogens is 413 g/mol. The van der Waals surface area contributed by atoms with Crippen molar-refractivity contribution in [1.29, 1.82) is 0 Å². The summed E-state index contributed by atoms with van der Waals surface area (Å²) < 4.78 is 40.1. The van der Waals surface area contributed by atoms with Gasteiger partial charge in [0.1, 0.15) is 5.82 Å². The van der Waals surface area contributed by atoms with Crippen molar-refractivity contribution < 1.29 is 12.8 Å². The van der Waals surface area contributed by atoms with Crippen LogP contribution in [0, 0.1) is 5.82 Å². The number of alkyl halides is 1. The second-order valence-electron chi connectivity index (χ2n) is 4.01. The van der Waals surface area contributed by atoms with E-state index < -0.39 is 15.8 Å². The zero-order valence-electron chi connectivity index (χ0n) is 10.1. The molecule has 0 radical (unpaired) electrons. The molecule has 2 aromatic carbocycles. The van der Waals surface area contributed by atoms with Gasteiger partial charge in [-0.2, -0.15) is 0 Å². The zero-order chi connectivity index (χ0) is 14.8. The van der Waals surface area contributed by atoms with E-state index in [9.17, 15) is 12.8 Å². The summed E-state index contributed by atoms with van der Waals surface area (Å²) in [7, 11) is -3.69. The molecule has 0 amide bonds. The molecule has 0 saturated heterocycles. The van der Waals surface area contributed by atoms with Crippen molar-refractivity contribution in [3.63, 3.8) is 0 Å². The number of hydrogen-bond acceptors (Lipinski definition) is 2. The topological polar surface area (TPSA) is 46.2 Å². The van der Waals surface area contributed by atoms with Crippen LogP contribution in [0.25, 0.3) is 0 Å². The molecule has 2 rings (SSSR count). The summed E-state index contributed by atoms with van der Waals surface area (Å²) in [6.07, 6.45) is 0. The van der Waals surface area contributed by atoms with Gasteiger partial charge in [-0.1, -0.05) is 28.1 Å². The van der Waals surface area contributed by atoms with E-state index >= 15 is 0 Å². The maximum atomic E-state index is 13.0. The Morgan fingerprint density at radius 2 is 1.75 bits per heavy atom. The van der Waals surface area contributed by atoms with Crippen molar-refractivity contribution in [2.24, 2.45) is 0 Å². The van der Waals surface area contributed by atoms with Gasteiger partial charge in [0.2, 0.25) is 0 Å². The lowest BCUT2D eigenvalue weighted by Gasteiger charge is -2.10. The molecule has 0 aliphatic heterocycles. The van der Waals surface area contributed by atoms with Crippen LogP contribution in [0.5, 0.6) is 0 Å². The van der Waals surface area contributed by atoms with Crippen LogP contribution in [0.4, 0.5) is 10.1 Å². The fourth-order valence-electron chi connectivity index (χ4n) is 1.53. The molecule has 1 N–H and O–H groups in total. The highest BCUT2D eigenvalue weighted by molar-refractivity contribution is 9.10. The van der Waals surface area contributed by atoms with Gasteiger partial charge < -0.3 is 0 Å². The molecule has 2 aromatic rings. The molecule has 0 bridgehead atoms. The van der Waals surface area contributed by atoms with Crippen LogP contribution >= 0.6 is 31.9 Å². The number of halogens is 3. The minimum absolute atomic E-state index is 0.151. The molecule has 106 valence electrons. The van der Waals surface area contributed by atoms with Crippen molar-refractivity contribution in [2.75, 3.05) is 4.72 Å². The standard InChI is InChI=1S/C13H10Br2FNO2S/c14-8-9-1-4-11(5-2-9)20(18,19)17-13-6-3-10(16)7-12(13)15/h1-7,17H,8H2. The smallest absolute Gasteiger partial charge is 0.261 e. The first kappa shape index (κ1) is 15.5. The fourth-order valence-corrected chi connectivity index (χ4v) is 3.57. The first-order valence-electron chi connectivity index (χ1n) is 5.55.